The summed E-state index contributed by atoms with van der Waals surface area (Å²) in [4.78, 5) is 29.3. The van der Waals surface area contributed by atoms with Crippen LogP contribution in [0.15, 0.2) is 24.3 Å². The van der Waals surface area contributed by atoms with Crippen LogP contribution in [0.1, 0.15) is 42.5 Å². The van der Waals surface area contributed by atoms with Gasteiger partial charge in [-0.15, -0.1) is 24.8 Å². The van der Waals surface area contributed by atoms with Crippen LogP contribution in [0.3, 0.4) is 0 Å². The van der Waals surface area contributed by atoms with Crippen LogP contribution in [0.4, 0.5) is 5.69 Å². The number of piperazine rings is 1. The van der Waals surface area contributed by atoms with Gasteiger partial charge in [0.15, 0.2) is 0 Å². The first kappa shape index (κ1) is 23.9. The quantitative estimate of drug-likeness (QED) is 0.754. The molecule has 29 heavy (non-hydrogen) atoms. The molecule has 0 radical (unpaired) electrons. The maximum Gasteiger partial charge on any atom is 0.253 e. The van der Waals surface area contributed by atoms with E-state index in [4.69, 9.17) is 0 Å². The predicted molar refractivity (Wildman–Crippen MR) is 120 cm³/mol. The van der Waals surface area contributed by atoms with E-state index in [2.05, 4.69) is 22.6 Å². The number of carbonyl (C=O) groups excluding carboxylic acids is 2. The smallest absolute Gasteiger partial charge is 0.253 e. The number of amides is 2. The largest absolute Gasteiger partial charge is 0.336 e. The van der Waals surface area contributed by atoms with E-state index in [9.17, 15) is 9.59 Å². The maximum absolute atomic E-state index is 12.6. The molecule has 1 aromatic carbocycles. The van der Waals surface area contributed by atoms with Gasteiger partial charge in [0.2, 0.25) is 5.91 Å². The van der Waals surface area contributed by atoms with E-state index in [1.807, 2.05) is 29.2 Å². The van der Waals surface area contributed by atoms with Gasteiger partial charge in [-0.3, -0.25) is 9.59 Å². The molecule has 162 valence electrons. The van der Waals surface area contributed by atoms with E-state index in [0.29, 0.717) is 17.5 Å². The summed E-state index contributed by atoms with van der Waals surface area (Å²) in [7, 11) is 2.08. The van der Waals surface area contributed by atoms with Crippen LogP contribution in [-0.4, -0.2) is 66.9 Å². The van der Waals surface area contributed by atoms with Gasteiger partial charge in [-0.2, -0.15) is 0 Å². The molecule has 2 aliphatic heterocycles. The number of halogens is 2. The zero-order chi connectivity index (χ0) is 18.8. The molecule has 3 unspecified atom stereocenters. The first-order valence-corrected chi connectivity index (χ1v) is 10.2. The van der Waals surface area contributed by atoms with E-state index in [1.54, 1.807) is 0 Å². The standard InChI is InChI=1S/C21H30N4O2.2ClH/c1-24-10-12-25(13-11-24)21(27)15-6-8-17(9-7-15)22-20(26)19-14-16-4-2-3-5-18(16)23-19;;/h6-9,16,18-19,23H,2-5,10-14H2,1H3,(H,22,26);2*1H. The molecule has 4 rings (SSSR count). The Morgan fingerprint density at radius 3 is 2.31 bits per heavy atom. The number of likely N-dealkylation sites (N-methyl/N-ethyl adjacent to an activating group) is 1. The number of nitrogens with zero attached hydrogens (tertiary/aromatic N) is 2. The molecule has 2 amide bonds. The summed E-state index contributed by atoms with van der Waals surface area (Å²) < 4.78 is 0. The van der Waals surface area contributed by atoms with Gasteiger partial charge in [0, 0.05) is 43.5 Å². The van der Waals surface area contributed by atoms with Gasteiger partial charge in [0.1, 0.15) is 0 Å². The van der Waals surface area contributed by atoms with E-state index < -0.39 is 0 Å². The summed E-state index contributed by atoms with van der Waals surface area (Å²) in [5, 5.41) is 6.52. The number of hydrogen-bond acceptors (Lipinski definition) is 4. The molecule has 6 nitrogen and oxygen atoms in total. The lowest BCUT2D eigenvalue weighted by molar-refractivity contribution is -0.117. The van der Waals surface area contributed by atoms with Crippen LogP contribution < -0.4 is 10.6 Å². The Hall–Kier alpha value is -1.34. The Kier molecular flexibility index (Phi) is 8.76. The number of hydrogen-bond donors (Lipinski definition) is 2. The molecule has 0 aromatic heterocycles. The van der Waals surface area contributed by atoms with Crippen LogP contribution in [0.2, 0.25) is 0 Å². The Balaban J connectivity index is 0.00000150. The van der Waals surface area contributed by atoms with Gasteiger partial charge in [-0.1, -0.05) is 12.8 Å². The van der Waals surface area contributed by atoms with Crippen molar-refractivity contribution in [2.24, 2.45) is 5.92 Å². The molecule has 2 saturated heterocycles. The van der Waals surface area contributed by atoms with E-state index in [-0.39, 0.29) is 42.7 Å². The highest BCUT2D eigenvalue weighted by molar-refractivity contribution is 5.97. The molecule has 0 bridgehead atoms. The van der Waals surface area contributed by atoms with Gasteiger partial charge >= 0.3 is 0 Å². The van der Waals surface area contributed by atoms with Crippen molar-refractivity contribution < 1.29 is 9.59 Å². The maximum atomic E-state index is 12.6. The van der Waals surface area contributed by atoms with Crippen LogP contribution in [-0.2, 0) is 4.79 Å². The SMILES string of the molecule is CN1CCN(C(=O)c2ccc(NC(=O)C3CC4CCCCC4N3)cc2)CC1.Cl.Cl. The van der Waals surface area contributed by atoms with Gasteiger partial charge in [-0.25, -0.2) is 0 Å². The highest BCUT2D eigenvalue weighted by Gasteiger charge is 2.38. The molecule has 1 aliphatic carbocycles. The Morgan fingerprint density at radius 1 is 1.00 bits per heavy atom. The average molecular weight is 443 g/mol. The second kappa shape index (κ2) is 10.6. The van der Waals surface area contributed by atoms with Crippen LogP contribution in [0.5, 0.6) is 0 Å². The fourth-order valence-corrected chi connectivity index (χ4v) is 4.64. The summed E-state index contributed by atoms with van der Waals surface area (Å²) in [5.41, 5.74) is 1.44. The summed E-state index contributed by atoms with van der Waals surface area (Å²) in [6, 6.07) is 7.73. The molecule has 3 fully saturated rings. The van der Waals surface area contributed by atoms with Gasteiger partial charge in [0.05, 0.1) is 6.04 Å². The predicted octanol–water partition coefficient (Wildman–Crippen LogP) is 2.78. The van der Waals surface area contributed by atoms with Gasteiger partial charge < -0.3 is 20.4 Å². The monoisotopic (exact) mass is 442 g/mol. The van der Waals surface area contributed by atoms with Crippen LogP contribution in [0.25, 0.3) is 0 Å². The molecule has 1 saturated carbocycles. The van der Waals surface area contributed by atoms with Crippen molar-refractivity contribution in [2.75, 3.05) is 38.5 Å². The topological polar surface area (TPSA) is 64.7 Å². The lowest BCUT2D eigenvalue weighted by Gasteiger charge is -2.32. The molecular formula is C21H32Cl2N4O2. The summed E-state index contributed by atoms with van der Waals surface area (Å²) in [6.07, 6.45) is 5.93. The summed E-state index contributed by atoms with van der Waals surface area (Å²) in [6.45, 7) is 3.36. The van der Waals surface area contributed by atoms with Crippen molar-refractivity contribution in [3.8, 4) is 0 Å². The number of rotatable bonds is 3. The zero-order valence-corrected chi connectivity index (χ0v) is 18.6. The van der Waals surface area contributed by atoms with E-state index >= 15 is 0 Å². The molecule has 8 heteroatoms. The van der Waals surface area contributed by atoms with Crippen molar-refractivity contribution in [2.45, 2.75) is 44.2 Å². The molecule has 3 aliphatic rings. The molecule has 3 atom stereocenters. The first-order chi connectivity index (χ1) is 13.1. The highest BCUT2D eigenvalue weighted by Crippen LogP contribution is 2.33. The summed E-state index contributed by atoms with van der Waals surface area (Å²) >= 11 is 0. The second-order valence-corrected chi connectivity index (χ2v) is 8.27. The van der Waals surface area contributed by atoms with Crippen molar-refractivity contribution in [1.29, 1.82) is 0 Å². The number of benzene rings is 1. The average Bonchev–Trinajstić information content (AvgIpc) is 3.13. The number of nitrogens with one attached hydrogen (secondary N) is 2. The minimum atomic E-state index is -0.0928. The van der Waals surface area contributed by atoms with Crippen molar-refractivity contribution >= 4 is 42.3 Å². The minimum absolute atomic E-state index is 0. The number of anilines is 1. The second-order valence-electron chi connectivity index (χ2n) is 8.27. The number of carbonyl (C=O) groups is 2. The van der Waals surface area contributed by atoms with E-state index in [0.717, 1.165) is 38.3 Å². The lowest BCUT2D eigenvalue weighted by atomic mass is 9.85. The van der Waals surface area contributed by atoms with E-state index in [1.165, 1.54) is 25.7 Å². The Morgan fingerprint density at radius 2 is 1.66 bits per heavy atom. The highest BCUT2D eigenvalue weighted by atomic mass is 35.5. The van der Waals surface area contributed by atoms with Gasteiger partial charge in [-0.05, 0) is 56.5 Å². The minimum Gasteiger partial charge on any atom is -0.336 e. The van der Waals surface area contributed by atoms with Crippen LogP contribution in [0, 0.1) is 5.92 Å². The molecule has 2 heterocycles. The van der Waals surface area contributed by atoms with Gasteiger partial charge in [0.25, 0.3) is 5.91 Å². The summed E-state index contributed by atoms with van der Waals surface area (Å²) in [5.74, 6) is 0.767. The normalized spacial score (nSPS) is 26.7. The van der Waals surface area contributed by atoms with Crippen molar-refractivity contribution in [1.82, 2.24) is 15.1 Å². The third-order valence-corrected chi connectivity index (χ3v) is 6.37. The lowest BCUT2D eigenvalue weighted by Crippen LogP contribution is -2.47. The zero-order valence-electron chi connectivity index (χ0n) is 16.9. The number of fused-ring (bicyclic) bond motifs is 1. The Bertz CT molecular complexity index is 678. The third-order valence-electron chi connectivity index (χ3n) is 6.37. The van der Waals surface area contributed by atoms with Crippen molar-refractivity contribution in [3.05, 3.63) is 29.8 Å². The fourth-order valence-electron chi connectivity index (χ4n) is 4.64. The molecule has 0 spiro atoms. The molecule has 1 aromatic rings. The first-order valence-electron chi connectivity index (χ1n) is 10.2. The molecule has 2 N–H and O–H groups in total. The Labute approximate surface area is 185 Å². The molecular weight excluding hydrogens is 411 g/mol. The van der Waals surface area contributed by atoms with Crippen LogP contribution >= 0.6 is 24.8 Å². The fraction of sp³-hybridized carbons (Fsp3) is 0.619. The van der Waals surface area contributed by atoms with Crippen molar-refractivity contribution in [3.63, 3.8) is 0 Å². The third kappa shape index (κ3) is 5.63.